The largest absolute Gasteiger partial charge is 0.387 e. The van der Waals surface area contributed by atoms with Crippen molar-refractivity contribution in [2.45, 2.75) is 26.5 Å². The van der Waals surface area contributed by atoms with Crippen molar-refractivity contribution in [3.05, 3.63) is 57.9 Å². The third-order valence-electron chi connectivity index (χ3n) is 3.62. The predicted octanol–water partition coefficient (Wildman–Crippen LogP) is 3.46. The Morgan fingerprint density at radius 2 is 1.81 bits per heavy atom. The van der Waals surface area contributed by atoms with Crippen LogP contribution in [0.15, 0.2) is 30.5 Å². The predicted molar refractivity (Wildman–Crippen MR) is 87.6 cm³/mol. The second-order valence-corrected chi connectivity index (χ2v) is 6.33. The maximum Gasteiger partial charge on any atom is 0.0917 e. The van der Waals surface area contributed by atoms with E-state index in [9.17, 15) is 5.11 Å². The summed E-state index contributed by atoms with van der Waals surface area (Å²) in [5.74, 6) is 0. The van der Waals surface area contributed by atoms with Gasteiger partial charge in [-0.1, -0.05) is 40.9 Å². The molecule has 4 heteroatoms. The van der Waals surface area contributed by atoms with Crippen molar-refractivity contribution in [1.29, 1.82) is 0 Å². The molecule has 3 nitrogen and oxygen atoms in total. The van der Waals surface area contributed by atoms with Crippen molar-refractivity contribution in [2.24, 2.45) is 7.05 Å². The van der Waals surface area contributed by atoms with E-state index in [1.807, 2.05) is 43.1 Å². The van der Waals surface area contributed by atoms with Gasteiger partial charge < -0.3 is 9.67 Å². The van der Waals surface area contributed by atoms with Crippen molar-refractivity contribution >= 4 is 11.6 Å². The normalized spacial score (nSPS) is 12.9. The molecule has 0 aliphatic heterocycles. The first-order chi connectivity index (χ1) is 9.85. The summed E-state index contributed by atoms with van der Waals surface area (Å²) in [6.07, 6.45) is 1.41. The summed E-state index contributed by atoms with van der Waals surface area (Å²) in [5, 5.41) is 11.2. The average Bonchev–Trinajstić information content (AvgIpc) is 2.66. The Labute approximate surface area is 131 Å². The molecule has 1 aromatic heterocycles. The molecule has 0 bridgehead atoms. The second-order valence-electron chi connectivity index (χ2n) is 5.89. The number of aliphatic hydroxyl groups is 1. The van der Waals surface area contributed by atoms with Crippen LogP contribution in [0.3, 0.4) is 0 Å². The fourth-order valence-electron chi connectivity index (χ4n) is 2.67. The van der Waals surface area contributed by atoms with Crippen molar-refractivity contribution in [3.8, 4) is 0 Å². The Kier molecular flexibility index (Phi) is 5.09. The average molecular weight is 307 g/mol. The van der Waals surface area contributed by atoms with Gasteiger partial charge in [-0.3, -0.25) is 4.90 Å². The van der Waals surface area contributed by atoms with Gasteiger partial charge in [0.2, 0.25) is 0 Å². The van der Waals surface area contributed by atoms with Gasteiger partial charge in [-0.15, -0.1) is 0 Å². The van der Waals surface area contributed by atoms with E-state index in [1.54, 1.807) is 0 Å². The molecule has 0 aliphatic carbocycles. The van der Waals surface area contributed by atoms with Crippen LogP contribution in [-0.4, -0.2) is 28.2 Å². The molecular weight excluding hydrogens is 284 g/mol. The molecule has 1 aromatic carbocycles. The Bertz CT molecular complexity index is 601. The van der Waals surface area contributed by atoms with E-state index in [0.29, 0.717) is 6.54 Å². The molecule has 1 atom stereocenters. The molecule has 114 valence electrons. The van der Waals surface area contributed by atoms with Gasteiger partial charge in [-0.25, -0.2) is 0 Å². The van der Waals surface area contributed by atoms with Crippen molar-refractivity contribution in [2.75, 3.05) is 13.6 Å². The zero-order chi connectivity index (χ0) is 15.6. The number of aliphatic hydroxyl groups excluding tert-OH is 1. The molecule has 0 saturated heterocycles. The lowest BCUT2D eigenvalue weighted by Crippen LogP contribution is -2.25. The van der Waals surface area contributed by atoms with Gasteiger partial charge in [0.15, 0.2) is 0 Å². The number of nitrogens with zero attached hydrogens (tertiary/aromatic N) is 2. The van der Waals surface area contributed by atoms with E-state index in [4.69, 9.17) is 11.6 Å². The molecule has 0 radical (unpaired) electrons. The van der Waals surface area contributed by atoms with Crippen LogP contribution in [0, 0.1) is 13.8 Å². The van der Waals surface area contributed by atoms with Gasteiger partial charge in [0.1, 0.15) is 0 Å². The first-order valence-corrected chi connectivity index (χ1v) is 7.48. The first kappa shape index (κ1) is 16.1. The molecule has 2 aromatic rings. The van der Waals surface area contributed by atoms with E-state index in [-0.39, 0.29) is 0 Å². The van der Waals surface area contributed by atoms with Crippen LogP contribution in [-0.2, 0) is 13.6 Å². The second kappa shape index (κ2) is 6.65. The zero-order valence-electron chi connectivity index (χ0n) is 13.1. The summed E-state index contributed by atoms with van der Waals surface area (Å²) in [6, 6.07) is 8.17. The fourth-order valence-corrected chi connectivity index (χ4v) is 2.94. The molecule has 1 N–H and O–H groups in total. The molecule has 0 fully saturated rings. The zero-order valence-corrected chi connectivity index (χ0v) is 13.9. The van der Waals surface area contributed by atoms with Gasteiger partial charge in [0, 0.05) is 32.0 Å². The molecule has 21 heavy (non-hydrogen) atoms. The van der Waals surface area contributed by atoms with Gasteiger partial charge in [-0.05, 0) is 32.5 Å². The summed E-state index contributed by atoms with van der Waals surface area (Å²) in [6.45, 7) is 5.45. The highest BCUT2D eigenvalue weighted by Crippen LogP contribution is 2.19. The van der Waals surface area contributed by atoms with E-state index < -0.39 is 6.10 Å². The summed E-state index contributed by atoms with van der Waals surface area (Å²) in [4.78, 5) is 2.11. The Morgan fingerprint density at radius 1 is 1.19 bits per heavy atom. The van der Waals surface area contributed by atoms with E-state index in [1.165, 1.54) is 11.1 Å². The molecule has 0 aliphatic rings. The molecular formula is C17H23ClN2O. The third-order valence-corrected chi connectivity index (χ3v) is 3.83. The number of aromatic nitrogens is 1. The summed E-state index contributed by atoms with van der Waals surface area (Å²) >= 11 is 6.00. The highest BCUT2D eigenvalue weighted by Gasteiger charge is 2.13. The summed E-state index contributed by atoms with van der Waals surface area (Å²) in [5.41, 5.74) is 4.47. The monoisotopic (exact) mass is 306 g/mol. The lowest BCUT2D eigenvalue weighted by Gasteiger charge is -2.21. The molecule has 0 amide bonds. The third kappa shape index (κ3) is 4.34. The van der Waals surface area contributed by atoms with E-state index in [2.05, 4.69) is 24.8 Å². The fraction of sp³-hybridized carbons (Fsp3) is 0.412. The van der Waals surface area contributed by atoms with Crippen LogP contribution in [0.25, 0.3) is 0 Å². The summed E-state index contributed by atoms with van der Waals surface area (Å²) in [7, 11) is 3.99. The Morgan fingerprint density at radius 3 is 2.33 bits per heavy atom. The lowest BCUT2D eigenvalue weighted by molar-refractivity contribution is 0.122. The van der Waals surface area contributed by atoms with Crippen molar-refractivity contribution in [1.82, 2.24) is 9.47 Å². The smallest absolute Gasteiger partial charge is 0.0917 e. The quantitative estimate of drug-likeness (QED) is 0.916. The SMILES string of the molecule is Cc1cc(C)cc(C(O)CN(C)Cc2cc(Cl)cn2C)c1. The van der Waals surface area contributed by atoms with E-state index in [0.717, 1.165) is 22.8 Å². The van der Waals surface area contributed by atoms with Crippen LogP contribution < -0.4 is 0 Å². The van der Waals surface area contributed by atoms with E-state index >= 15 is 0 Å². The van der Waals surface area contributed by atoms with Gasteiger partial charge in [-0.2, -0.15) is 0 Å². The molecule has 1 heterocycles. The number of rotatable bonds is 5. The maximum absolute atomic E-state index is 10.4. The van der Waals surface area contributed by atoms with Gasteiger partial charge >= 0.3 is 0 Å². The standard InChI is InChI=1S/C17H23ClN2O/c1-12-5-13(2)7-14(6-12)17(21)11-19(3)10-16-8-15(18)9-20(16)4/h5-9,17,21H,10-11H2,1-4H3. The molecule has 0 saturated carbocycles. The van der Waals surface area contributed by atoms with Crippen molar-refractivity contribution in [3.63, 3.8) is 0 Å². The molecule has 2 rings (SSSR count). The number of hydrogen-bond donors (Lipinski definition) is 1. The van der Waals surface area contributed by atoms with Gasteiger partial charge in [0.05, 0.1) is 11.1 Å². The molecule has 1 unspecified atom stereocenters. The number of halogens is 1. The van der Waals surface area contributed by atoms with Crippen LogP contribution >= 0.6 is 11.6 Å². The Balaban J connectivity index is 2.01. The number of benzene rings is 1. The minimum Gasteiger partial charge on any atom is -0.387 e. The number of hydrogen-bond acceptors (Lipinski definition) is 2. The lowest BCUT2D eigenvalue weighted by atomic mass is 10.0. The summed E-state index contributed by atoms with van der Waals surface area (Å²) < 4.78 is 2.02. The number of aryl methyl sites for hydroxylation is 3. The van der Waals surface area contributed by atoms with Crippen LogP contribution in [0.1, 0.15) is 28.5 Å². The highest BCUT2D eigenvalue weighted by atomic mass is 35.5. The highest BCUT2D eigenvalue weighted by molar-refractivity contribution is 6.30. The number of likely N-dealkylation sites (N-methyl/N-ethyl adjacent to an activating group) is 1. The van der Waals surface area contributed by atoms with Gasteiger partial charge in [0.25, 0.3) is 0 Å². The Hall–Kier alpha value is -1.29. The van der Waals surface area contributed by atoms with Crippen molar-refractivity contribution < 1.29 is 5.11 Å². The minimum atomic E-state index is -0.482. The molecule has 0 spiro atoms. The topological polar surface area (TPSA) is 28.4 Å². The minimum absolute atomic E-state index is 0.482. The maximum atomic E-state index is 10.4. The first-order valence-electron chi connectivity index (χ1n) is 7.10. The van der Waals surface area contributed by atoms with Crippen LogP contribution in [0.2, 0.25) is 5.02 Å². The van der Waals surface area contributed by atoms with Crippen LogP contribution in [0.4, 0.5) is 0 Å². The van der Waals surface area contributed by atoms with Crippen LogP contribution in [0.5, 0.6) is 0 Å².